The van der Waals surface area contributed by atoms with E-state index in [0.29, 0.717) is 10.6 Å². The van der Waals surface area contributed by atoms with Gasteiger partial charge in [0.05, 0.1) is 23.6 Å². The van der Waals surface area contributed by atoms with E-state index in [0.717, 1.165) is 7.05 Å². The van der Waals surface area contributed by atoms with Gasteiger partial charge in [-0.2, -0.15) is 13.2 Å². The number of hydrogen-bond donors (Lipinski definition) is 0. The van der Waals surface area contributed by atoms with Crippen molar-refractivity contribution in [2.75, 3.05) is 13.6 Å². The number of nitrogens with zero attached hydrogens (tertiary/aromatic N) is 4. The third kappa shape index (κ3) is 3.14. The van der Waals surface area contributed by atoms with Gasteiger partial charge < -0.3 is 4.90 Å². The fourth-order valence-corrected chi connectivity index (χ4v) is 1.74. The third-order valence-electron chi connectivity index (χ3n) is 2.57. The third-order valence-corrected chi connectivity index (χ3v) is 2.57. The molecule has 0 spiro atoms. The number of rotatable bonds is 3. The van der Waals surface area contributed by atoms with E-state index >= 15 is 0 Å². The van der Waals surface area contributed by atoms with Crippen LogP contribution >= 0.6 is 0 Å². The van der Waals surface area contributed by atoms with Crippen LogP contribution in [0.1, 0.15) is 10.4 Å². The molecule has 8 heteroatoms. The van der Waals surface area contributed by atoms with Gasteiger partial charge in [-0.3, -0.25) is 4.79 Å². The van der Waals surface area contributed by atoms with Crippen molar-refractivity contribution in [2.45, 2.75) is 6.18 Å². The molecule has 0 aliphatic heterocycles. The van der Waals surface area contributed by atoms with Crippen LogP contribution < -0.4 is 0 Å². The molecule has 1 heterocycles. The van der Waals surface area contributed by atoms with Crippen LogP contribution in [0.25, 0.3) is 5.69 Å². The Labute approximate surface area is 112 Å². The fraction of sp³-hybridized carbons (Fsp3) is 0.250. The lowest BCUT2D eigenvalue weighted by atomic mass is 10.1. The number of benzene rings is 1. The highest BCUT2D eigenvalue weighted by Gasteiger charge is 2.32. The average Bonchev–Trinajstić information content (AvgIpc) is 2.89. The monoisotopic (exact) mass is 284 g/mol. The summed E-state index contributed by atoms with van der Waals surface area (Å²) < 4.78 is 38.3. The number of para-hydroxylation sites is 1. The predicted molar refractivity (Wildman–Crippen MR) is 64.4 cm³/mol. The summed E-state index contributed by atoms with van der Waals surface area (Å²) in [6.45, 7) is -1.31. The van der Waals surface area contributed by atoms with E-state index in [1.54, 1.807) is 18.2 Å². The van der Waals surface area contributed by atoms with E-state index in [4.69, 9.17) is 0 Å². The number of halogens is 3. The molecule has 2 rings (SSSR count). The SMILES string of the molecule is CN(CC(F)(F)F)C(=O)c1ccccc1-n1ccnn1. The molecule has 1 amide bonds. The van der Waals surface area contributed by atoms with Gasteiger partial charge >= 0.3 is 6.18 Å². The minimum absolute atomic E-state index is 0.129. The minimum Gasteiger partial charge on any atom is -0.333 e. The highest BCUT2D eigenvalue weighted by Crippen LogP contribution is 2.19. The van der Waals surface area contributed by atoms with Crippen LogP contribution in [0, 0.1) is 0 Å². The minimum atomic E-state index is -4.44. The first kappa shape index (κ1) is 14.0. The van der Waals surface area contributed by atoms with Gasteiger partial charge in [0.25, 0.3) is 5.91 Å². The van der Waals surface area contributed by atoms with Crippen molar-refractivity contribution in [1.82, 2.24) is 19.9 Å². The van der Waals surface area contributed by atoms with Crippen LogP contribution in [-0.4, -0.2) is 45.6 Å². The molecule has 0 aliphatic carbocycles. The highest BCUT2D eigenvalue weighted by atomic mass is 19.4. The van der Waals surface area contributed by atoms with Crippen LogP contribution in [0.4, 0.5) is 13.2 Å². The van der Waals surface area contributed by atoms with Crippen molar-refractivity contribution in [2.24, 2.45) is 0 Å². The molecule has 0 atom stereocenters. The maximum absolute atomic E-state index is 12.3. The molecule has 0 fully saturated rings. The van der Waals surface area contributed by atoms with Gasteiger partial charge in [-0.25, -0.2) is 4.68 Å². The van der Waals surface area contributed by atoms with Gasteiger partial charge in [0, 0.05) is 7.05 Å². The zero-order valence-electron chi connectivity index (χ0n) is 10.5. The molecule has 0 saturated heterocycles. The summed E-state index contributed by atoms with van der Waals surface area (Å²) in [7, 11) is 1.11. The first-order valence-electron chi connectivity index (χ1n) is 5.66. The molecule has 0 saturated carbocycles. The van der Waals surface area contributed by atoms with E-state index in [2.05, 4.69) is 10.3 Å². The van der Waals surface area contributed by atoms with Crippen LogP contribution in [0.15, 0.2) is 36.7 Å². The summed E-state index contributed by atoms with van der Waals surface area (Å²) in [4.78, 5) is 12.7. The molecule has 0 unspecified atom stereocenters. The number of carbonyl (C=O) groups excluding carboxylic acids is 1. The molecule has 0 aliphatic rings. The van der Waals surface area contributed by atoms with E-state index in [-0.39, 0.29) is 5.56 Å². The van der Waals surface area contributed by atoms with Gasteiger partial charge in [-0.15, -0.1) is 5.10 Å². The average molecular weight is 284 g/mol. The Morgan fingerprint density at radius 2 is 2.05 bits per heavy atom. The van der Waals surface area contributed by atoms with E-state index in [1.165, 1.54) is 23.1 Å². The van der Waals surface area contributed by atoms with E-state index < -0.39 is 18.6 Å². The quantitative estimate of drug-likeness (QED) is 0.865. The van der Waals surface area contributed by atoms with Crippen molar-refractivity contribution >= 4 is 5.91 Å². The van der Waals surface area contributed by atoms with Gasteiger partial charge in [-0.1, -0.05) is 17.3 Å². The molecule has 0 N–H and O–H groups in total. The first-order chi connectivity index (χ1) is 9.38. The Kier molecular flexibility index (Phi) is 3.73. The van der Waals surface area contributed by atoms with Gasteiger partial charge in [0.2, 0.25) is 0 Å². The van der Waals surface area contributed by atoms with Gasteiger partial charge in [0.1, 0.15) is 6.54 Å². The summed E-state index contributed by atoms with van der Waals surface area (Å²) in [5.41, 5.74) is 0.508. The second-order valence-electron chi connectivity index (χ2n) is 4.14. The van der Waals surface area contributed by atoms with Crippen LogP contribution in [-0.2, 0) is 0 Å². The molecule has 1 aromatic carbocycles. The zero-order chi connectivity index (χ0) is 14.8. The summed E-state index contributed by atoms with van der Waals surface area (Å²) in [5.74, 6) is -0.728. The van der Waals surface area contributed by atoms with Crippen molar-refractivity contribution in [3.63, 3.8) is 0 Å². The molecule has 1 aromatic heterocycles. The molecule has 2 aromatic rings. The fourth-order valence-electron chi connectivity index (χ4n) is 1.74. The smallest absolute Gasteiger partial charge is 0.333 e. The predicted octanol–water partition coefficient (Wildman–Crippen LogP) is 1.90. The summed E-state index contributed by atoms with van der Waals surface area (Å²) in [6, 6.07) is 6.28. The Hall–Kier alpha value is -2.38. The molecule has 5 nitrogen and oxygen atoms in total. The molecule has 0 bridgehead atoms. The van der Waals surface area contributed by atoms with Crippen LogP contribution in [0.2, 0.25) is 0 Å². The van der Waals surface area contributed by atoms with Crippen molar-refractivity contribution in [3.05, 3.63) is 42.2 Å². The number of aromatic nitrogens is 3. The summed E-state index contributed by atoms with van der Waals surface area (Å²) in [6.07, 6.45) is -1.51. The normalized spacial score (nSPS) is 11.4. The lowest BCUT2D eigenvalue weighted by Crippen LogP contribution is -2.36. The van der Waals surface area contributed by atoms with E-state index in [9.17, 15) is 18.0 Å². The second kappa shape index (κ2) is 5.32. The molecule has 20 heavy (non-hydrogen) atoms. The van der Waals surface area contributed by atoms with E-state index in [1.807, 2.05) is 0 Å². The van der Waals surface area contributed by atoms with Crippen molar-refractivity contribution in [3.8, 4) is 5.69 Å². The van der Waals surface area contributed by atoms with Crippen molar-refractivity contribution in [1.29, 1.82) is 0 Å². The van der Waals surface area contributed by atoms with Crippen molar-refractivity contribution < 1.29 is 18.0 Å². The zero-order valence-corrected chi connectivity index (χ0v) is 10.5. The second-order valence-corrected chi connectivity index (χ2v) is 4.14. The number of alkyl halides is 3. The lowest BCUT2D eigenvalue weighted by Gasteiger charge is -2.20. The topological polar surface area (TPSA) is 51.0 Å². The van der Waals surface area contributed by atoms with Crippen LogP contribution in [0.5, 0.6) is 0 Å². The molecule has 0 radical (unpaired) electrons. The highest BCUT2D eigenvalue weighted by molar-refractivity contribution is 5.97. The van der Waals surface area contributed by atoms with Gasteiger partial charge in [0.15, 0.2) is 0 Å². The molecule has 106 valence electrons. The maximum atomic E-state index is 12.3. The molecular weight excluding hydrogens is 273 g/mol. The Bertz CT molecular complexity index is 595. The number of amides is 1. The lowest BCUT2D eigenvalue weighted by molar-refractivity contribution is -0.138. The number of hydrogen-bond acceptors (Lipinski definition) is 3. The van der Waals surface area contributed by atoms with Gasteiger partial charge in [-0.05, 0) is 12.1 Å². The largest absolute Gasteiger partial charge is 0.406 e. The Morgan fingerprint density at radius 3 is 2.65 bits per heavy atom. The number of carbonyl (C=O) groups is 1. The summed E-state index contributed by atoms with van der Waals surface area (Å²) in [5, 5.41) is 7.35. The summed E-state index contributed by atoms with van der Waals surface area (Å²) >= 11 is 0. The Morgan fingerprint density at radius 1 is 1.35 bits per heavy atom. The van der Waals surface area contributed by atoms with Crippen LogP contribution in [0.3, 0.4) is 0 Å². The molecular formula is C12H11F3N4O. The maximum Gasteiger partial charge on any atom is 0.406 e. The first-order valence-corrected chi connectivity index (χ1v) is 5.66. The standard InChI is InChI=1S/C12H11F3N4O/c1-18(8-12(13,14)15)11(20)9-4-2-3-5-10(9)19-7-6-16-17-19/h2-7H,8H2,1H3. The Balaban J connectivity index is 2.31.